The van der Waals surface area contributed by atoms with Crippen LogP contribution in [0.3, 0.4) is 0 Å². The van der Waals surface area contributed by atoms with Crippen LogP contribution in [0.15, 0.2) is 12.5 Å². The zero-order valence-electron chi connectivity index (χ0n) is 8.46. The second kappa shape index (κ2) is 3.07. The molecule has 2 fully saturated rings. The normalized spacial score (nSPS) is 29.5. The predicted molar refractivity (Wildman–Crippen MR) is 56.5 cm³/mol. The first-order valence-electron chi connectivity index (χ1n) is 5.38. The lowest BCUT2D eigenvalue weighted by atomic mass is 10.2. The third-order valence-corrected chi connectivity index (χ3v) is 5.04. The third-order valence-electron chi connectivity index (χ3n) is 3.29. The van der Waals surface area contributed by atoms with Gasteiger partial charge < -0.3 is 4.57 Å². The lowest BCUT2D eigenvalue weighted by molar-refractivity contribution is 0.536. The van der Waals surface area contributed by atoms with Crippen molar-refractivity contribution in [3.63, 3.8) is 0 Å². The number of nitrogens with zero attached hydrogens (tertiary/aromatic N) is 2. The summed E-state index contributed by atoms with van der Waals surface area (Å²) in [6.07, 6.45) is 6.89. The first-order valence-corrected chi connectivity index (χ1v) is 7.20. The first-order chi connectivity index (χ1) is 7.16. The zero-order valence-corrected chi connectivity index (χ0v) is 9.28. The Morgan fingerprint density at radius 1 is 1.33 bits per heavy atom. The molecule has 1 saturated heterocycles. The summed E-state index contributed by atoms with van der Waals surface area (Å²) < 4.78 is 24.9. The Morgan fingerprint density at radius 2 is 2.13 bits per heavy atom. The highest BCUT2D eigenvalue weighted by atomic mass is 32.2. The van der Waals surface area contributed by atoms with E-state index < -0.39 is 9.84 Å². The molecule has 0 radical (unpaired) electrons. The van der Waals surface area contributed by atoms with E-state index >= 15 is 0 Å². The molecule has 5 heteroatoms. The van der Waals surface area contributed by atoms with Crippen molar-refractivity contribution in [3.05, 3.63) is 18.2 Å². The van der Waals surface area contributed by atoms with Gasteiger partial charge in [-0.3, -0.25) is 0 Å². The Hall–Kier alpha value is -0.840. The largest absolute Gasteiger partial charge is 0.330 e. The summed E-state index contributed by atoms with van der Waals surface area (Å²) in [5.41, 5.74) is 1.23. The van der Waals surface area contributed by atoms with E-state index in [1.807, 2.05) is 6.20 Å². The van der Waals surface area contributed by atoms with Crippen molar-refractivity contribution in [2.24, 2.45) is 0 Å². The van der Waals surface area contributed by atoms with Crippen LogP contribution in [0.4, 0.5) is 0 Å². The van der Waals surface area contributed by atoms with Crippen LogP contribution in [0, 0.1) is 0 Å². The molecule has 0 N–H and O–H groups in total. The van der Waals surface area contributed by atoms with E-state index in [-0.39, 0.29) is 6.04 Å². The van der Waals surface area contributed by atoms with Crippen LogP contribution in [0.2, 0.25) is 0 Å². The van der Waals surface area contributed by atoms with E-state index in [1.165, 1.54) is 18.5 Å². The van der Waals surface area contributed by atoms with Crippen molar-refractivity contribution in [1.29, 1.82) is 0 Å². The quantitative estimate of drug-likeness (QED) is 0.759. The predicted octanol–water partition coefficient (Wildman–Crippen LogP) is 1.12. The van der Waals surface area contributed by atoms with E-state index in [2.05, 4.69) is 9.55 Å². The second-order valence-corrected chi connectivity index (χ2v) is 6.79. The highest BCUT2D eigenvalue weighted by molar-refractivity contribution is 7.91. The molecule has 0 bridgehead atoms. The van der Waals surface area contributed by atoms with Gasteiger partial charge in [-0.25, -0.2) is 13.4 Å². The van der Waals surface area contributed by atoms with Gasteiger partial charge in [0.1, 0.15) is 0 Å². The zero-order chi connectivity index (χ0) is 10.5. The van der Waals surface area contributed by atoms with Crippen LogP contribution < -0.4 is 0 Å². The Kier molecular flexibility index (Phi) is 1.92. The van der Waals surface area contributed by atoms with E-state index in [0.717, 1.165) is 6.42 Å². The highest BCUT2D eigenvalue weighted by Crippen LogP contribution is 2.41. The molecule has 1 atom stereocenters. The molecule has 0 amide bonds. The van der Waals surface area contributed by atoms with Crippen molar-refractivity contribution in [2.75, 3.05) is 11.5 Å². The summed E-state index contributed by atoms with van der Waals surface area (Å²) in [6.45, 7) is 0. The number of rotatable bonds is 2. The van der Waals surface area contributed by atoms with Crippen LogP contribution in [-0.4, -0.2) is 29.5 Å². The molecule has 1 saturated carbocycles. The molecule has 4 nitrogen and oxygen atoms in total. The molecular weight excluding hydrogens is 212 g/mol. The number of hydrogen-bond donors (Lipinski definition) is 0. The fraction of sp³-hybridized carbons (Fsp3) is 0.700. The lowest BCUT2D eigenvalue weighted by Gasteiger charge is -2.13. The summed E-state index contributed by atoms with van der Waals surface area (Å²) in [4.78, 5) is 4.14. The monoisotopic (exact) mass is 226 g/mol. The Morgan fingerprint density at radius 3 is 2.73 bits per heavy atom. The molecule has 1 aromatic heterocycles. The maximum Gasteiger partial charge on any atom is 0.152 e. The molecule has 1 aliphatic heterocycles. The molecule has 82 valence electrons. The van der Waals surface area contributed by atoms with Gasteiger partial charge in [-0.1, -0.05) is 0 Å². The minimum absolute atomic E-state index is 0.132. The number of aromatic nitrogens is 2. The molecule has 0 aromatic carbocycles. The standard InChI is InChI=1S/C10H14N2O2S/c13-15(14)4-3-9(6-15)12-7-11-5-10(12)8-1-2-8/h5,7-9H,1-4,6H2. The van der Waals surface area contributed by atoms with Gasteiger partial charge in [0, 0.05) is 23.9 Å². The molecule has 15 heavy (non-hydrogen) atoms. The molecule has 1 aliphatic carbocycles. The van der Waals surface area contributed by atoms with Gasteiger partial charge in [0.15, 0.2) is 9.84 Å². The summed E-state index contributed by atoms with van der Waals surface area (Å²) in [5.74, 6) is 1.26. The van der Waals surface area contributed by atoms with Gasteiger partial charge in [-0.2, -0.15) is 0 Å². The molecule has 0 spiro atoms. The van der Waals surface area contributed by atoms with Gasteiger partial charge in [0.25, 0.3) is 0 Å². The molecule has 1 aromatic rings. The van der Waals surface area contributed by atoms with Gasteiger partial charge in [0.2, 0.25) is 0 Å². The lowest BCUT2D eigenvalue weighted by Crippen LogP contribution is -2.12. The van der Waals surface area contributed by atoms with Crippen molar-refractivity contribution < 1.29 is 8.42 Å². The summed E-state index contributed by atoms with van der Waals surface area (Å²) in [5, 5.41) is 0. The van der Waals surface area contributed by atoms with E-state index in [9.17, 15) is 8.42 Å². The van der Waals surface area contributed by atoms with Gasteiger partial charge in [-0.05, 0) is 19.3 Å². The first kappa shape index (κ1) is 9.39. The van der Waals surface area contributed by atoms with Crippen LogP contribution >= 0.6 is 0 Å². The van der Waals surface area contributed by atoms with Crippen molar-refractivity contribution >= 4 is 9.84 Å². The fourth-order valence-corrected chi connectivity index (χ4v) is 4.02. The molecule has 3 rings (SSSR count). The topological polar surface area (TPSA) is 52.0 Å². The average molecular weight is 226 g/mol. The number of sulfone groups is 1. The van der Waals surface area contributed by atoms with Crippen LogP contribution in [0.5, 0.6) is 0 Å². The average Bonchev–Trinajstić information content (AvgIpc) is 2.79. The smallest absolute Gasteiger partial charge is 0.152 e. The highest BCUT2D eigenvalue weighted by Gasteiger charge is 2.33. The number of hydrogen-bond acceptors (Lipinski definition) is 3. The van der Waals surface area contributed by atoms with Crippen molar-refractivity contribution in [3.8, 4) is 0 Å². The Labute approximate surface area is 89.2 Å². The van der Waals surface area contributed by atoms with Crippen molar-refractivity contribution in [1.82, 2.24) is 9.55 Å². The molecule has 2 aliphatic rings. The fourth-order valence-electron chi connectivity index (χ4n) is 2.31. The van der Waals surface area contributed by atoms with E-state index in [1.54, 1.807) is 6.33 Å². The SMILES string of the molecule is O=S1(=O)CCC(n2cncc2C2CC2)C1. The van der Waals surface area contributed by atoms with Crippen LogP contribution in [0.1, 0.15) is 36.9 Å². The van der Waals surface area contributed by atoms with Gasteiger partial charge >= 0.3 is 0 Å². The van der Waals surface area contributed by atoms with Gasteiger partial charge in [0.05, 0.1) is 17.8 Å². The second-order valence-electron chi connectivity index (χ2n) is 4.56. The summed E-state index contributed by atoms with van der Waals surface area (Å²) >= 11 is 0. The maximum absolute atomic E-state index is 11.4. The van der Waals surface area contributed by atoms with E-state index in [4.69, 9.17) is 0 Å². The van der Waals surface area contributed by atoms with Gasteiger partial charge in [-0.15, -0.1) is 0 Å². The Balaban J connectivity index is 1.90. The van der Waals surface area contributed by atoms with Crippen molar-refractivity contribution in [2.45, 2.75) is 31.2 Å². The number of imidazole rings is 1. The maximum atomic E-state index is 11.4. The van der Waals surface area contributed by atoms with Crippen LogP contribution in [-0.2, 0) is 9.84 Å². The third kappa shape index (κ3) is 1.69. The minimum Gasteiger partial charge on any atom is -0.330 e. The summed E-state index contributed by atoms with van der Waals surface area (Å²) in [7, 11) is -2.79. The van der Waals surface area contributed by atoms with Crippen LogP contribution in [0.25, 0.3) is 0 Å². The Bertz CT molecular complexity index is 473. The molecule has 1 unspecified atom stereocenters. The minimum atomic E-state index is -2.79. The summed E-state index contributed by atoms with van der Waals surface area (Å²) in [6, 6.07) is 0.132. The molecular formula is C10H14N2O2S. The molecule has 2 heterocycles. The van der Waals surface area contributed by atoms with E-state index in [0.29, 0.717) is 17.4 Å².